The maximum atomic E-state index is 11.9. The molecule has 0 saturated carbocycles. The fourth-order valence-corrected chi connectivity index (χ4v) is 2.65. The molecule has 0 atom stereocenters. The number of halogens is 1. The molecule has 0 spiro atoms. The van der Waals surface area contributed by atoms with E-state index in [-0.39, 0.29) is 17.3 Å². The fraction of sp³-hybridized carbons (Fsp3) is 0.455. The zero-order valence-electron chi connectivity index (χ0n) is 10.7. The molecule has 0 aromatic carbocycles. The first-order valence-electron chi connectivity index (χ1n) is 5.68. The van der Waals surface area contributed by atoms with Crippen molar-refractivity contribution in [2.75, 3.05) is 13.1 Å². The molecule has 0 aliphatic carbocycles. The largest absolute Gasteiger partial charge is 0.355 e. The van der Waals surface area contributed by atoms with Crippen molar-refractivity contribution < 1.29 is 13.2 Å². The highest BCUT2D eigenvalue weighted by molar-refractivity contribution is 9.10. The van der Waals surface area contributed by atoms with Crippen molar-refractivity contribution in [2.24, 2.45) is 5.92 Å². The summed E-state index contributed by atoms with van der Waals surface area (Å²) in [5.74, 6) is -0.0462. The van der Waals surface area contributed by atoms with Crippen LogP contribution in [0.5, 0.6) is 0 Å². The molecule has 0 aliphatic heterocycles. The summed E-state index contributed by atoms with van der Waals surface area (Å²) in [7, 11) is -3.72. The highest BCUT2D eigenvalue weighted by Crippen LogP contribution is 2.13. The smallest absolute Gasteiger partial charge is 0.242 e. The van der Waals surface area contributed by atoms with Gasteiger partial charge in [-0.05, 0) is 27.9 Å². The van der Waals surface area contributed by atoms with Crippen LogP contribution in [0.15, 0.2) is 27.8 Å². The molecule has 2 N–H and O–H groups in total. The standard InChI is InChI=1S/C11H16BrN3O3S/c1-8(2)4-14-11(16)7-15-19(17,18)10-3-9(12)5-13-6-10/h3,5-6,8,15H,4,7H2,1-2H3,(H,14,16). The van der Waals surface area contributed by atoms with Crippen LogP contribution >= 0.6 is 15.9 Å². The second-order valence-electron chi connectivity index (χ2n) is 4.36. The normalized spacial score (nSPS) is 11.6. The Bertz CT molecular complexity index is 546. The Morgan fingerprint density at radius 1 is 1.42 bits per heavy atom. The molecule has 1 heterocycles. The first-order valence-corrected chi connectivity index (χ1v) is 7.96. The molecule has 1 amide bonds. The first kappa shape index (κ1) is 16.1. The van der Waals surface area contributed by atoms with E-state index in [4.69, 9.17) is 0 Å². The number of hydrogen-bond donors (Lipinski definition) is 2. The lowest BCUT2D eigenvalue weighted by Gasteiger charge is -2.09. The van der Waals surface area contributed by atoms with Gasteiger partial charge < -0.3 is 5.32 Å². The summed E-state index contributed by atoms with van der Waals surface area (Å²) in [5.41, 5.74) is 0. The second kappa shape index (κ2) is 6.97. The summed E-state index contributed by atoms with van der Waals surface area (Å²) < 4.78 is 26.5. The summed E-state index contributed by atoms with van der Waals surface area (Å²) >= 11 is 3.14. The van der Waals surface area contributed by atoms with E-state index in [2.05, 4.69) is 31.0 Å². The van der Waals surface area contributed by atoms with Crippen LogP contribution in [0.4, 0.5) is 0 Å². The summed E-state index contributed by atoms with van der Waals surface area (Å²) in [6.45, 7) is 4.13. The SMILES string of the molecule is CC(C)CNC(=O)CNS(=O)(=O)c1cncc(Br)c1. The third kappa shape index (κ3) is 5.66. The number of aromatic nitrogens is 1. The van der Waals surface area contributed by atoms with Gasteiger partial charge in [0.05, 0.1) is 6.54 Å². The monoisotopic (exact) mass is 349 g/mol. The Morgan fingerprint density at radius 3 is 2.68 bits per heavy atom. The van der Waals surface area contributed by atoms with Gasteiger partial charge in [0.2, 0.25) is 15.9 Å². The lowest BCUT2D eigenvalue weighted by atomic mass is 10.2. The lowest BCUT2D eigenvalue weighted by Crippen LogP contribution is -2.38. The third-order valence-corrected chi connectivity index (χ3v) is 3.92. The Kier molecular flexibility index (Phi) is 5.89. The number of hydrogen-bond acceptors (Lipinski definition) is 4. The fourth-order valence-electron chi connectivity index (χ4n) is 1.16. The van der Waals surface area contributed by atoms with Crippen LogP contribution < -0.4 is 10.0 Å². The third-order valence-electron chi connectivity index (χ3n) is 2.12. The van der Waals surface area contributed by atoms with Gasteiger partial charge in [0.25, 0.3) is 0 Å². The number of rotatable bonds is 6. The van der Waals surface area contributed by atoms with Crippen molar-refractivity contribution in [2.45, 2.75) is 18.7 Å². The molecule has 1 rings (SSSR count). The van der Waals surface area contributed by atoms with Crippen molar-refractivity contribution in [3.8, 4) is 0 Å². The maximum Gasteiger partial charge on any atom is 0.242 e. The number of nitrogens with zero attached hydrogens (tertiary/aromatic N) is 1. The average Bonchev–Trinajstić information content (AvgIpc) is 2.34. The Morgan fingerprint density at radius 2 is 2.11 bits per heavy atom. The molecule has 1 aromatic rings. The van der Waals surface area contributed by atoms with Gasteiger partial charge in [-0.1, -0.05) is 13.8 Å². The van der Waals surface area contributed by atoms with E-state index < -0.39 is 10.0 Å². The molecule has 19 heavy (non-hydrogen) atoms. The van der Waals surface area contributed by atoms with Crippen LogP contribution in [0, 0.1) is 5.92 Å². The summed E-state index contributed by atoms with van der Waals surface area (Å²) in [6, 6.07) is 1.42. The first-order chi connectivity index (χ1) is 8.81. The number of sulfonamides is 1. The number of carbonyl (C=O) groups excluding carboxylic acids is 1. The highest BCUT2D eigenvalue weighted by atomic mass is 79.9. The zero-order chi connectivity index (χ0) is 14.5. The molecule has 0 saturated heterocycles. The molecule has 8 heteroatoms. The van der Waals surface area contributed by atoms with Crippen molar-refractivity contribution >= 4 is 31.9 Å². The molecule has 1 aromatic heterocycles. The minimum atomic E-state index is -3.72. The van der Waals surface area contributed by atoms with Gasteiger partial charge in [-0.15, -0.1) is 0 Å². The Labute approximate surface area is 121 Å². The molecule has 0 radical (unpaired) electrons. The van der Waals surface area contributed by atoms with E-state index in [9.17, 15) is 13.2 Å². The number of carbonyl (C=O) groups is 1. The van der Waals surface area contributed by atoms with Gasteiger partial charge in [0, 0.05) is 23.4 Å². The van der Waals surface area contributed by atoms with Crippen LogP contribution in [0.25, 0.3) is 0 Å². The van der Waals surface area contributed by atoms with Crippen LogP contribution in [0.1, 0.15) is 13.8 Å². The van der Waals surface area contributed by atoms with Crippen LogP contribution in [-0.4, -0.2) is 32.4 Å². The predicted octanol–water partition coefficient (Wildman–Crippen LogP) is 0.895. The quantitative estimate of drug-likeness (QED) is 0.798. The molecular formula is C11H16BrN3O3S. The molecule has 0 bridgehead atoms. The summed E-state index contributed by atoms with van der Waals surface area (Å²) in [5, 5.41) is 2.63. The summed E-state index contributed by atoms with van der Waals surface area (Å²) in [4.78, 5) is 15.2. The minimum Gasteiger partial charge on any atom is -0.355 e. The average molecular weight is 350 g/mol. The second-order valence-corrected chi connectivity index (χ2v) is 7.04. The van der Waals surface area contributed by atoms with Crippen LogP contribution in [-0.2, 0) is 14.8 Å². The molecule has 6 nitrogen and oxygen atoms in total. The van der Waals surface area contributed by atoms with Crippen LogP contribution in [0.3, 0.4) is 0 Å². The van der Waals surface area contributed by atoms with E-state index in [1.54, 1.807) is 0 Å². The van der Waals surface area contributed by atoms with E-state index in [0.29, 0.717) is 16.9 Å². The van der Waals surface area contributed by atoms with E-state index >= 15 is 0 Å². The lowest BCUT2D eigenvalue weighted by molar-refractivity contribution is -0.120. The molecule has 0 aliphatic rings. The van der Waals surface area contributed by atoms with Crippen molar-refractivity contribution in [1.29, 1.82) is 0 Å². The zero-order valence-corrected chi connectivity index (χ0v) is 13.1. The van der Waals surface area contributed by atoms with Gasteiger partial charge in [-0.3, -0.25) is 9.78 Å². The van der Waals surface area contributed by atoms with Crippen molar-refractivity contribution in [3.63, 3.8) is 0 Å². The summed E-state index contributed by atoms with van der Waals surface area (Å²) in [6.07, 6.45) is 2.70. The van der Waals surface area contributed by atoms with E-state index in [0.717, 1.165) is 0 Å². The molecule has 0 unspecified atom stereocenters. The molecule has 0 fully saturated rings. The van der Waals surface area contributed by atoms with E-state index in [1.165, 1.54) is 18.5 Å². The maximum absolute atomic E-state index is 11.9. The number of nitrogens with one attached hydrogen (secondary N) is 2. The van der Waals surface area contributed by atoms with Crippen molar-refractivity contribution in [1.82, 2.24) is 15.0 Å². The van der Waals surface area contributed by atoms with Gasteiger partial charge in [0.15, 0.2) is 0 Å². The highest BCUT2D eigenvalue weighted by Gasteiger charge is 2.16. The Balaban J connectivity index is 2.59. The van der Waals surface area contributed by atoms with Crippen molar-refractivity contribution in [3.05, 3.63) is 22.9 Å². The Hall–Kier alpha value is -0.990. The predicted molar refractivity (Wildman–Crippen MR) is 75.0 cm³/mol. The van der Waals surface area contributed by atoms with Gasteiger partial charge in [0.1, 0.15) is 4.90 Å². The van der Waals surface area contributed by atoms with Gasteiger partial charge in [-0.2, -0.15) is 0 Å². The molecule has 106 valence electrons. The molecular weight excluding hydrogens is 334 g/mol. The van der Waals surface area contributed by atoms with Gasteiger partial charge in [-0.25, -0.2) is 13.1 Å². The minimum absolute atomic E-state index is 0.0125. The van der Waals surface area contributed by atoms with Crippen LogP contribution in [0.2, 0.25) is 0 Å². The number of amides is 1. The topological polar surface area (TPSA) is 88.2 Å². The van der Waals surface area contributed by atoms with Gasteiger partial charge >= 0.3 is 0 Å². The van der Waals surface area contributed by atoms with E-state index in [1.807, 2.05) is 13.8 Å². The number of pyridine rings is 1.